The second-order valence-corrected chi connectivity index (χ2v) is 13.7. The van der Waals surface area contributed by atoms with Crippen molar-refractivity contribution in [2.24, 2.45) is 4.99 Å². The van der Waals surface area contributed by atoms with Gasteiger partial charge in [-0.15, -0.1) is 11.3 Å². The summed E-state index contributed by atoms with van der Waals surface area (Å²) in [7, 11) is 0. The van der Waals surface area contributed by atoms with Crippen LogP contribution in [-0.4, -0.2) is 5.71 Å². The molecule has 1 aliphatic heterocycles. The highest BCUT2D eigenvalue weighted by atomic mass is 32.1. The Morgan fingerprint density at radius 3 is 2.20 bits per heavy atom. The predicted octanol–water partition coefficient (Wildman–Crippen LogP) is 13.1. The Morgan fingerprint density at radius 1 is 0.510 bits per heavy atom. The maximum absolute atomic E-state index is 6.59. The summed E-state index contributed by atoms with van der Waals surface area (Å²) < 4.78 is 9.16. The van der Waals surface area contributed by atoms with E-state index in [2.05, 4.69) is 158 Å². The first-order valence-electron chi connectivity index (χ1n) is 16.7. The number of aliphatic imine (C=N–C) groups is 1. The molecule has 0 amide bonds. The lowest BCUT2D eigenvalue weighted by molar-refractivity contribution is 0.669. The van der Waals surface area contributed by atoms with Crippen LogP contribution in [0.15, 0.2) is 173 Å². The third-order valence-corrected chi connectivity index (χ3v) is 10.9. The van der Waals surface area contributed by atoms with Gasteiger partial charge in [-0.1, -0.05) is 121 Å². The molecular weight excluding hydrogens is 615 g/mol. The van der Waals surface area contributed by atoms with Crippen LogP contribution < -0.4 is 0 Å². The van der Waals surface area contributed by atoms with Gasteiger partial charge in [-0.2, -0.15) is 0 Å². The van der Waals surface area contributed by atoms with E-state index in [-0.39, 0.29) is 0 Å². The minimum absolute atomic E-state index is 0.768. The highest BCUT2D eigenvalue weighted by molar-refractivity contribution is 7.25. The average Bonchev–Trinajstić information content (AvgIpc) is 3.65. The first kappa shape index (κ1) is 28.0. The largest absolute Gasteiger partial charge is 0.456 e. The molecule has 3 heteroatoms. The maximum atomic E-state index is 6.59. The van der Waals surface area contributed by atoms with Crippen LogP contribution in [0, 0.1) is 0 Å². The van der Waals surface area contributed by atoms with Crippen molar-refractivity contribution in [3.05, 3.63) is 181 Å². The van der Waals surface area contributed by atoms with E-state index in [0.29, 0.717) is 0 Å². The Balaban J connectivity index is 1.26. The third-order valence-electron chi connectivity index (χ3n) is 9.73. The molecule has 9 aromatic rings. The molecule has 2 nitrogen and oxygen atoms in total. The first-order chi connectivity index (χ1) is 24.3. The number of allylic oxidation sites excluding steroid dienone is 3. The number of thiophene rings is 1. The van der Waals surface area contributed by atoms with Gasteiger partial charge in [0.1, 0.15) is 11.2 Å². The molecule has 7 aromatic carbocycles. The molecule has 0 unspecified atom stereocenters. The molecule has 0 saturated heterocycles. The van der Waals surface area contributed by atoms with Crippen LogP contribution in [0.2, 0.25) is 0 Å². The molecule has 0 fully saturated rings. The molecule has 3 heterocycles. The molecule has 1 aliphatic rings. The van der Waals surface area contributed by atoms with E-state index in [9.17, 15) is 0 Å². The molecule has 0 radical (unpaired) electrons. The number of hydrogen-bond acceptors (Lipinski definition) is 3. The number of para-hydroxylation sites is 1. The van der Waals surface area contributed by atoms with E-state index in [1.807, 2.05) is 17.4 Å². The molecule has 0 atom stereocenters. The van der Waals surface area contributed by atoms with Crippen LogP contribution in [0.4, 0.5) is 0 Å². The summed E-state index contributed by atoms with van der Waals surface area (Å²) >= 11 is 1.84. The van der Waals surface area contributed by atoms with Gasteiger partial charge in [-0.25, -0.2) is 4.99 Å². The van der Waals surface area contributed by atoms with Gasteiger partial charge in [0.05, 0.1) is 11.4 Å². The number of fused-ring (bicyclic) bond motifs is 7. The zero-order valence-corrected chi connectivity index (χ0v) is 27.4. The molecule has 49 heavy (non-hydrogen) atoms. The SMILES string of the molecule is C1=C(c2ccccc2)CC=C(c2cccc3sc4ccccc4c23)N=C1c1cc(-c2ccc3ccccc3c2)cc2oc3ccccc3c12. The second kappa shape index (κ2) is 11.3. The zero-order chi connectivity index (χ0) is 32.3. The van der Waals surface area contributed by atoms with Crippen molar-refractivity contribution in [3.8, 4) is 11.1 Å². The van der Waals surface area contributed by atoms with E-state index in [1.54, 1.807) is 0 Å². The van der Waals surface area contributed by atoms with Crippen molar-refractivity contribution in [1.29, 1.82) is 0 Å². The Labute approximate surface area is 287 Å². The summed E-state index contributed by atoms with van der Waals surface area (Å²) in [6.45, 7) is 0. The smallest absolute Gasteiger partial charge is 0.136 e. The van der Waals surface area contributed by atoms with Gasteiger partial charge in [0, 0.05) is 42.1 Å². The third kappa shape index (κ3) is 4.74. The van der Waals surface area contributed by atoms with Crippen LogP contribution in [0.3, 0.4) is 0 Å². The van der Waals surface area contributed by atoms with E-state index in [1.165, 1.54) is 42.1 Å². The van der Waals surface area contributed by atoms with Gasteiger partial charge in [0.2, 0.25) is 0 Å². The minimum atomic E-state index is 0.768. The summed E-state index contributed by atoms with van der Waals surface area (Å²) in [6.07, 6.45) is 5.38. The second-order valence-electron chi connectivity index (χ2n) is 12.7. The molecule has 0 aliphatic carbocycles. The minimum Gasteiger partial charge on any atom is -0.456 e. The molecule has 0 spiro atoms. The number of rotatable bonds is 4. The molecular formula is C46H29NOS. The van der Waals surface area contributed by atoms with Gasteiger partial charge in [0.15, 0.2) is 0 Å². The molecule has 0 N–H and O–H groups in total. The van der Waals surface area contributed by atoms with Crippen molar-refractivity contribution in [1.82, 2.24) is 0 Å². The van der Waals surface area contributed by atoms with Crippen LogP contribution in [0.5, 0.6) is 0 Å². The predicted molar refractivity (Wildman–Crippen MR) is 210 cm³/mol. The number of hydrogen-bond donors (Lipinski definition) is 0. The Morgan fingerprint density at radius 2 is 1.29 bits per heavy atom. The lowest BCUT2D eigenvalue weighted by Crippen LogP contribution is -2.00. The van der Waals surface area contributed by atoms with Crippen LogP contribution in [-0.2, 0) is 0 Å². The number of furan rings is 1. The van der Waals surface area contributed by atoms with Crippen molar-refractivity contribution >= 4 is 81.2 Å². The summed E-state index contributed by atoms with van der Waals surface area (Å²) in [4.78, 5) is 5.61. The highest BCUT2D eigenvalue weighted by Crippen LogP contribution is 2.42. The van der Waals surface area contributed by atoms with Crippen LogP contribution >= 0.6 is 11.3 Å². The Kier molecular flexibility index (Phi) is 6.46. The summed E-state index contributed by atoms with van der Waals surface area (Å²) in [6, 6.07) is 54.1. The van der Waals surface area contributed by atoms with Gasteiger partial charge in [-0.3, -0.25) is 0 Å². The quantitative estimate of drug-likeness (QED) is 0.187. The number of nitrogens with zero attached hydrogens (tertiary/aromatic N) is 1. The lowest BCUT2D eigenvalue weighted by Gasteiger charge is -2.12. The maximum Gasteiger partial charge on any atom is 0.136 e. The lowest BCUT2D eigenvalue weighted by atomic mass is 9.93. The van der Waals surface area contributed by atoms with Gasteiger partial charge >= 0.3 is 0 Å². The molecule has 2 aromatic heterocycles. The fraction of sp³-hybridized carbons (Fsp3) is 0.0217. The topological polar surface area (TPSA) is 25.5 Å². The summed E-state index contributed by atoms with van der Waals surface area (Å²) in [5, 5.41) is 7.16. The fourth-order valence-electron chi connectivity index (χ4n) is 7.38. The molecule has 230 valence electrons. The fourth-order valence-corrected chi connectivity index (χ4v) is 8.51. The standard InChI is InChI=1S/C46H29NOS/c1-2-11-29(12-3-1)33-23-24-39(35-17-10-20-44-46(35)37-16-7-9-19-43(37)49-44)47-40(27-33)38-26-34(32-22-21-30-13-4-5-14-31(30)25-32)28-42-45(38)36-15-6-8-18-41(36)48-42/h1-22,24-28H,23H2. The highest BCUT2D eigenvalue weighted by Gasteiger charge is 2.21. The van der Waals surface area contributed by atoms with E-state index in [0.717, 1.165) is 62.0 Å². The Hall–Kier alpha value is -6.03. The van der Waals surface area contributed by atoms with Crippen molar-refractivity contribution in [2.45, 2.75) is 6.42 Å². The zero-order valence-electron chi connectivity index (χ0n) is 26.6. The normalized spacial score (nSPS) is 13.6. The van der Waals surface area contributed by atoms with Gasteiger partial charge in [0.25, 0.3) is 0 Å². The number of benzene rings is 7. The van der Waals surface area contributed by atoms with E-state index < -0.39 is 0 Å². The van der Waals surface area contributed by atoms with Crippen LogP contribution in [0.25, 0.3) is 75.3 Å². The molecule has 0 bridgehead atoms. The van der Waals surface area contributed by atoms with Gasteiger partial charge < -0.3 is 4.42 Å². The van der Waals surface area contributed by atoms with E-state index in [4.69, 9.17) is 9.41 Å². The molecule has 0 saturated carbocycles. The van der Waals surface area contributed by atoms with Gasteiger partial charge in [-0.05, 0) is 81.9 Å². The first-order valence-corrected chi connectivity index (χ1v) is 17.5. The van der Waals surface area contributed by atoms with Crippen LogP contribution in [0.1, 0.15) is 23.1 Å². The van der Waals surface area contributed by atoms with E-state index >= 15 is 0 Å². The monoisotopic (exact) mass is 643 g/mol. The van der Waals surface area contributed by atoms with Crippen molar-refractivity contribution in [3.63, 3.8) is 0 Å². The van der Waals surface area contributed by atoms with Crippen molar-refractivity contribution in [2.75, 3.05) is 0 Å². The Bertz CT molecular complexity index is 2850. The van der Waals surface area contributed by atoms with Crippen molar-refractivity contribution < 1.29 is 4.42 Å². The molecule has 10 rings (SSSR count). The summed E-state index contributed by atoms with van der Waals surface area (Å²) in [5.74, 6) is 0. The average molecular weight is 644 g/mol. The summed E-state index contributed by atoms with van der Waals surface area (Å²) in [5.41, 5.74) is 10.6.